The number of aromatic nitrogens is 2. The molecule has 1 saturated heterocycles. The van der Waals surface area contributed by atoms with Crippen molar-refractivity contribution in [1.82, 2.24) is 14.9 Å². The highest BCUT2D eigenvalue weighted by molar-refractivity contribution is 5.45. The monoisotopic (exact) mass is 275 g/mol. The van der Waals surface area contributed by atoms with Gasteiger partial charge in [-0.05, 0) is 7.05 Å². The van der Waals surface area contributed by atoms with Crippen LogP contribution in [0.2, 0.25) is 0 Å². The van der Waals surface area contributed by atoms with Crippen LogP contribution < -0.4 is 10.2 Å². The van der Waals surface area contributed by atoms with E-state index in [2.05, 4.69) is 20.2 Å². The first-order valence-electron chi connectivity index (χ1n) is 5.97. The van der Waals surface area contributed by atoms with Crippen molar-refractivity contribution in [2.75, 3.05) is 50.5 Å². The third kappa shape index (κ3) is 3.25. The van der Waals surface area contributed by atoms with Crippen molar-refractivity contribution in [3.8, 4) is 0 Å². The second kappa shape index (κ2) is 5.20. The van der Waals surface area contributed by atoms with E-state index in [0.717, 1.165) is 19.2 Å². The van der Waals surface area contributed by atoms with Gasteiger partial charge in [-0.15, -0.1) is 0 Å². The lowest BCUT2D eigenvalue weighted by atomic mass is 10.3. The molecule has 0 radical (unpaired) electrons. The zero-order valence-corrected chi connectivity index (χ0v) is 10.8. The van der Waals surface area contributed by atoms with Gasteiger partial charge in [-0.1, -0.05) is 0 Å². The quantitative estimate of drug-likeness (QED) is 0.881. The molecule has 0 spiro atoms. The molecule has 1 aliphatic heterocycles. The number of likely N-dealkylation sites (N-methyl/N-ethyl adjacent to an activating group) is 1. The van der Waals surface area contributed by atoms with E-state index in [1.54, 1.807) is 0 Å². The molecule has 0 unspecified atom stereocenters. The highest BCUT2D eigenvalue weighted by Gasteiger charge is 2.34. The van der Waals surface area contributed by atoms with E-state index in [1.807, 2.05) is 11.9 Å². The molecule has 0 atom stereocenters. The number of halogens is 3. The second-order valence-corrected chi connectivity index (χ2v) is 4.47. The van der Waals surface area contributed by atoms with Crippen LogP contribution in [0.25, 0.3) is 0 Å². The van der Waals surface area contributed by atoms with Crippen LogP contribution >= 0.6 is 0 Å². The molecule has 1 N–H and O–H groups in total. The topological polar surface area (TPSA) is 44.3 Å². The largest absolute Gasteiger partial charge is 0.433 e. The minimum Gasteiger partial charge on any atom is -0.357 e. The van der Waals surface area contributed by atoms with Gasteiger partial charge in [-0.2, -0.15) is 18.2 Å². The lowest BCUT2D eigenvalue weighted by Crippen LogP contribution is -2.45. The average Bonchev–Trinajstić information content (AvgIpc) is 2.38. The highest BCUT2D eigenvalue weighted by atomic mass is 19.4. The SMILES string of the molecule is CNc1nc(N2CCN(C)CC2)cc(C(F)(F)F)n1. The molecule has 1 aromatic rings. The van der Waals surface area contributed by atoms with Crippen LogP contribution in [0.4, 0.5) is 24.9 Å². The van der Waals surface area contributed by atoms with E-state index in [-0.39, 0.29) is 5.95 Å². The Bertz CT molecular complexity index is 440. The van der Waals surface area contributed by atoms with E-state index < -0.39 is 11.9 Å². The Hall–Kier alpha value is -1.57. The Balaban J connectivity index is 2.29. The number of piperazine rings is 1. The Kier molecular flexibility index (Phi) is 3.79. The summed E-state index contributed by atoms with van der Waals surface area (Å²) in [5.41, 5.74) is -0.916. The van der Waals surface area contributed by atoms with Crippen molar-refractivity contribution < 1.29 is 13.2 Å². The molecule has 0 bridgehead atoms. The standard InChI is InChI=1S/C11H16F3N5/c1-15-10-16-8(11(12,13)14)7-9(17-10)19-5-3-18(2)4-6-19/h7H,3-6H2,1-2H3,(H,15,16,17). The van der Waals surface area contributed by atoms with Gasteiger partial charge >= 0.3 is 6.18 Å². The molecule has 5 nitrogen and oxygen atoms in total. The summed E-state index contributed by atoms with van der Waals surface area (Å²) in [5, 5.41) is 2.57. The van der Waals surface area contributed by atoms with Crippen molar-refractivity contribution in [2.45, 2.75) is 6.18 Å². The summed E-state index contributed by atoms with van der Waals surface area (Å²) in [7, 11) is 3.49. The third-order valence-corrected chi connectivity index (χ3v) is 3.05. The molecule has 0 aromatic carbocycles. The van der Waals surface area contributed by atoms with Gasteiger partial charge in [0.2, 0.25) is 5.95 Å². The molecular weight excluding hydrogens is 259 g/mol. The maximum atomic E-state index is 12.8. The zero-order valence-electron chi connectivity index (χ0n) is 10.8. The Morgan fingerprint density at radius 2 is 1.79 bits per heavy atom. The number of rotatable bonds is 2. The Morgan fingerprint density at radius 3 is 2.32 bits per heavy atom. The number of nitrogens with one attached hydrogen (secondary N) is 1. The Morgan fingerprint density at radius 1 is 1.16 bits per heavy atom. The van der Waals surface area contributed by atoms with Crippen LogP contribution in [-0.4, -0.2) is 55.1 Å². The summed E-state index contributed by atoms with van der Waals surface area (Å²) in [6.45, 7) is 2.93. The Labute approximate surface area is 109 Å². The fourth-order valence-corrected chi connectivity index (χ4v) is 1.89. The smallest absolute Gasteiger partial charge is 0.357 e. The first-order chi connectivity index (χ1) is 8.90. The van der Waals surface area contributed by atoms with E-state index in [1.165, 1.54) is 7.05 Å². The van der Waals surface area contributed by atoms with Gasteiger partial charge in [0.1, 0.15) is 5.82 Å². The highest BCUT2D eigenvalue weighted by Crippen LogP contribution is 2.30. The summed E-state index contributed by atoms with van der Waals surface area (Å²) in [4.78, 5) is 11.5. The van der Waals surface area contributed by atoms with E-state index in [0.29, 0.717) is 18.9 Å². The van der Waals surface area contributed by atoms with Gasteiger partial charge in [-0.25, -0.2) is 4.98 Å². The fourth-order valence-electron chi connectivity index (χ4n) is 1.89. The van der Waals surface area contributed by atoms with Crippen LogP contribution in [0, 0.1) is 0 Å². The minimum absolute atomic E-state index is 0.0104. The van der Waals surface area contributed by atoms with Gasteiger partial charge in [0.25, 0.3) is 0 Å². The van der Waals surface area contributed by atoms with Crippen molar-refractivity contribution in [3.05, 3.63) is 11.8 Å². The number of hydrogen-bond acceptors (Lipinski definition) is 5. The van der Waals surface area contributed by atoms with E-state index >= 15 is 0 Å². The van der Waals surface area contributed by atoms with Gasteiger partial charge < -0.3 is 15.1 Å². The summed E-state index contributed by atoms with van der Waals surface area (Å²) >= 11 is 0. The molecule has 1 aromatic heterocycles. The molecule has 1 aliphatic rings. The summed E-state index contributed by atoms with van der Waals surface area (Å²) in [5.74, 6) is 0.309. The van der Waals surface area contributed by atoms with Crippen molar-refractivity contribution in [3.63, 3.8) is 0 Å². The first-order valence-corrected chi connectivity index (χ1v) is 5.97. The van der Waals surface area contributed by atoms with Crippen LogP contribution in [0.15, 0.2) is 6.07 Å². The molecule has 19 heavy (non-hydrogen) atoms. The molecule has 0 saturated carbocycles. The molecule has 2 rings (SSSR count). The molecule has 8 heteroatoms. The predicted molar refractivity (Wildman–Crippen MR) is 66.3 cm³/mol. The molecule has 106 valence electrons. The van der Waals surface area contributed by atoms with Crippen LogP contribution in [0.1, 0.15) is 5.69 Å². The number of anilines is 2. The predicted octanol–water partition coefficient (Wildman–Crippen LogP) is 1.29. The molecule has 0 amide bonds. The number of hydrogen-bond donors (Lipinski definition) is 1. The van der Waals surface area contributed by atoms with Gasteiger partial charge in [0.05, 0.1) is 0 Å². The van der Waals surface area contributed by atoms with E-state index in [9.17, 15) is 13.2 Å². The van der Waals surface area contributed by atoms with Crippen LogP contribution in [0.3, 0.4) is 0 Å². The maximum Gasteiger partial charge on any atom is 0.433 e. The lowest BCUT2D eigenvalue weighted by molar-refractivity contribution is -0.141. The second-order valence-electron chi connectivity index (χ2n) is 4.47. The average molecular weight is 275 g/mol. The zero-order chi connectivity index (χ0) is 14.0. The van der Waals surface area contributed by atoms with Gasteiger partial charge in [-0.3, -0.25) is 0 Å². The van der Waals surface area contributed by atoms with E-state index in [4.69, 9.17) is 0 Å². The maximum absolute atomic E-state index is 12.8. The lowest BCUT2D eigenvalue weighted by Gasteiger charge is -2.33. The summed E-state index contributed by atoms with van der Waals surface area (Å²) in [6.07, 6.45) is -4.46. The van der Waals surface area contributed by atoms with Gasteiger partial charge in [0.15, 0.2) is 5.69 Å². The molecular formula is C11H16F3N5. The molecule has 2 heterocycles. The fraction of sp³-hybridized carbons (Fsp3) is 0.636. The van der Waals surface area contributed by atoms with Crippen molar-refractivity contribution >= 4 is 11.8 Å². The molecule has 0 aliphatic carbocycles. The van der Waals surface area contributed by atoms with Crippen LogP contribution in [0.5, 0.6) is 0 Å². The normalized spacial score (nSPS) is 17.6. The third-order valence-electron chi connectivity index (χ3n) is 3.05. The van der Waals surface area contributed by atoms with Crippen molar-refractivity contribution in [1.29, 1.82) is 0 Å². The number of alkyl halides is 3. The van der Waals surface area contributed by atoms with Crippen molar-refractivity contribution in [2.24, 2.45) is 0 Å². The number of nitrogens with zero attached hydrogens (tertiary/aromatic N) is 4. The van der Waals surface area contributed by atoms with Gasteiger partial charge in [0, 0.05) is 39.3 Å². The van der Waals surface area contributed by atoms with Crippen LogP contribution in [-0.2, 0) is 6.18 Å². The minimum atomic E-state index is -4.46. The molecule has 1 fully saturated rings. The summed E-state index contributed by atoms with van der Waals surface area (Å²) in [6, 6.07) is 1.01. The first kappa shape index (κ1) is 13.9. The summed E-state index contributed by atoms with van der Waals surface area (Å²) < 4.78 is 38.3.